The Hall–Kier alpha value is -1.11. The molecule has 0 aliphatic carbocycles. The summed E-state index contributed by atoms with van der Waals surface area (Å²) >= 11 is 1.06. The van der Waals surface area contributed by atoms with Crippen molar-refractivity contribution in [1.82, 2.24) is 0 Å². The first-order valence-electron chi connectivity index (χ1n) is 5.47. The lowest BCUT2D eigenvalue weighted by molar-refractivity contribution is -0.109. The Morgan fingerprint density at radius 1 is 1.50 bits per heavy atom. The molecular formula is C12H16FNO3S. The van der Waals surface area contributed by atoms with E-state index in [0.717, 1.165) is 11.8 Å². The summed E-state index contributed by atoms with van der Waals surface area (Å²) in [5.41, 5.74) is 5.49. The predicted octanol–water partition coefficient (Wildman–Crippen LogP) is 1.47. The molecule has 1 rings (SSSR count). The van der Waals surface area contributed by atoms with Crippen molar-refractivity contribution >= 4 is 22.6 Å². The monoisotopic (exact) mass is 273 g/mol. The summed E-state index contributed by atoms with van der Waals surface area (Å²) in [6.07, 6.45) is -2.12. The zero-order valence-corrected chi connectivity index (χ0v) is 10.8. The number of para-hydroxylation sites is 1. The van der Waals surface area contributed by atoms with Gasteiger partial charge in [-0.2, -0.15) is 0 Å². The van der Waals surface area contributed by atoms with Crippen LogP contribution in [0.2, 0.25) is 0 Å². The summed E-state index contributed by atoms with van der Waals surface area (Å²) in [5, 5.41) is 19.6. The average molecular weight is 273 g/mol. The molecule has 2 atom stereocenters. The maximum Gasteiger partial charge on any atom is 0.185 e. The highest BCUT2D eigenvalue weighted by Crippen LogP contribution is 2.27. The van der Waals surface area contributed by atoms with Crippen LogP contribution in [0.1, 0.15) is 25.0 Å². The van der Waals surface area contributed by atoms with Crippen molar-refractivity contribution in [1.29, 1.82) is 0 Å². The smallest absolute Gasteiger partial charge is 0.185 e. The Balaban J connectivity index is 2.65. The number of hydrogen-bond donors (Lipinski definition) is 3. The Morgan fingerprint density at radius 2 is 2.17 bits per heavy atom. The summed E-state index contributed by atoms with van der Waals surface area (Å²) in [4.78, 5) is 10.7. The van der Waals surface area contributed by atoms with Gasteiger partial charge in [0.05, 0.1) is 11.8 Å². The molecule has 0 amide bonds. The van der Waals surface area contributed by atoms with Crippen LogP contribution in [0.25, 0.3) is 0 Å². The molecule has 0 aliphatic heterocycles. The third-order valence-corrected chi connectivity index (χ3v) is 3.34. The van der Waals surface area contributed by atoms with E-state index in [9.17, 15) is 19.4 Å². The number of anilines is 1. The topological polar surface area (TPSA) is 83.5 Å². The molecule has 1 aromatic rings. The molecule has 0 bridgehead atoms. The minimum atomic E-state index is -1.26. The highest BCUT2D eigenvalue weighted by atomic mass is 32.2. The van der Waals surface area contributed by atoms with E-state index in [1.165, 1.54) is 25.1 Å². The van der Waals surface area contributed by atoms with Gasteiger partial charge in [-0.1, -0.05) is 23.9 Å². The molecule has 100 valence electrons. The maximum absolute atomic E-state index is 13.2. The zero-order valence-electron chi connectivity index (χ0n) is 9.97. The fraction of sp³-hybridized carbons (Fsp3) is 0.417. The van der Waals surface area contributed by atoms with Gasteiger partial charge in [0, 0.05) is 18.2 Å². The molecule has 0 aliphatic rings. The second-order valence-electron chi connectivity index (χ2n) is 3.88. The summed E-state index contributed by atoms with van der Waals surface area (Å²) in [6.45, 7) is 1.43. The molecule has 6 heteroatoms. The van der Waals surface area contributed by atoms with Crippen molar-refractivity contribution in [3.63, 3.8) is 0 Å². The van der Waals surface area contributed by atoms with Gasteiger partial charge in [-0.3, -0.25) is 4.79 Å². The standard InChI is InChI=1S/C12H16FNO3S/c1-7(15)18-6-5-10(16)12(17)8-3-2-4-9(13)11(8)14/h2-4,10,12,16-17H,5-6,14H2,1H3. The number of hydrogen-bond acceptors (Lipinski definition) is 5. The van der Waals surface area contributed by atoms with Crippen molar-refractivity contribution in [2.24, 2.45) is 0 Å². The van der Waals surface area contributed by atoms with Gasteiger partial charge in [0.2, 0.25) is 0 Å². The van der Waals surface area contributed by atoms with E-state index < -0.39 is 18.0 Å². The maximum atomic E-state index is 13.2. The quantitative estimate of drug-likeness (QED) is 0.708. The number of benzene rings is 1. The van der Waals surface area contributed by atoms with E-state index in [-0.39, 0.29) is 22.8 Å². The summed E-state index contributed by atoms with van der Waals surface area (Å²) in [7, 11) is 0. The minimum Gasteiger partial charge on any atom is -0.396 e. The summed E-state index contributed by atoms with van der Waals surface area (Å²) in [6, 6.07) is 4.06. The van der Waals surface area contributed by atoms with Crippen molar-refractivity contribution < 1.29 is 19.4 Å². The number of thioether (sulfide) groups is 1. The van der Waals surface area contributed by atoms with E-state index in [4.69, 9.17) is 5.73 Å². The molecule has 18 heavy (non-hydrogen) atoms. The number of carbonyl (C=O) groups excluding carboxylic acids is 1. The third kappa shape index (κ3) is 3.97. The Bertz CT molecular complexity index is 428. The summed E-state index contributed by atoms with van der Waals surface area (Å²) in [5.74, 6) is -0.236. The van der Waals surface area contributed by atoms with Crippen LogP contribution in [0, 0.1) is 5.82 Å². The molecule has 4 N–H and O–H groups in total. The number of rotatable bonds is 5. The molecule has 0 saturated carbocycles. The highest BCUT2D eigenvalue weighted by molar-refractivity contribution is 8.13. The zero-order chi connectivity index (χ0) is 13.7. The normalized spacial score (nSPS) is 14.2. The number of nitrogens with two attached hydrogens (primary N) is 1. The van der Waals surface area contributed by atoms with Gasteiger partial charge in [-0.05, 0) is 12.5 Å². The van der Waals surface area contributed by atoms with Crippen LogP contribution in [-0.2, 0) is 4.79 Å². The predicted molar refractivity (Wildman–Crippen MR) is 69.5 cm³/mol. The number of aliphatic hydroxyl groups excluding tert-OH is 2. The molecule has 1 aromatic carbocycles. The summed E-state index contributed by atoms with van der Waals surface area (Å²) < 4.78 is 13.2. The molecule has 0 saturated heterocycles. The van der Waals surface area contributed by atoms with E-state index in [0.29, 0.717) is 5.75 Å². The van der Waals surface area contributed by atoms with Gasteiger partial charge in [0.1, 0.15) is 11.9 Å². The first-order chi connectivity index (χ1) is 8.43. The van der Waals surface area contributed by atoms with Gasteiger partial charge in [-0.15, -0.1) is 0 Å². The second-order valence-corrected chi connectivity index (χ2v) is 5.16. The number of aliphatic hydroxyl groups is 2. The molecule has 4 nitrogen and oxygen atoms in total. The highest BCUT2D eigenvalue weighted by Gasteiger charge is 2.21. The van der Waals surface area contributed by atoms with Crippen LogP contribution < -0.4 is 5.73 Å². The third-order valence-electron chi connectivity index (χ3n) is 2.49. The number of halogens is 1. The molecule has 0 heterocycles. The van der Waals surface area contributed by atoms with E-state index >= 15 is 0 Å². The van der Waals surface area contributed by atoms with Gasteiger partial charge in [0.25, 0.3) is 0 Å². The second kappa shape index (κ2) is 6.72. The lowest BCUT2D eigenvalue weighted by atomic mass is 10.0. The Kier molecular flexibility index (Phi) is 5.58. The first-order valence-corrected chi connectivity index (χ1v) is 6.45. The van der Waals surface area contributed by atoms with Gasteiger partial charge < -0.3 is 15.9 Å². The SMILES string of the molecule is CC(=O)SCCC(O)C(O)c1cccc(F)c1N. The molecule has 2 unspecified atom stereocenters. The molecule has 0 radical (unpaired) electrons. The fourth-order valence-electron chi connectivity index (χ4n) is 1.50. The van der Waals surface area contributed by atoms with Gasteiger partial charge in [-0.25, -0.2) is 4.39 Å². The van der Waals surface area contributed by atoms with Crippen LogP contribution in [-0.4, -0.2) is 27.2 Å². The average Bonchev–Trinajstić information content (AvgIpc) is 2.31. The van der Waals surface area contributed by atoms with Crippen LogP contribution >= 0.6 is 11.8 Å². The van der Waals surface area contributed by atoms with Crippen molar-refractivity contribution in [3.05, 3.63) is 29.6 Å². The molecule has 0 fully saturated rings. The Labute approximate surface area is 109 Å². The van der Waals surface area contributed by atoms with Crippen LogP contribution in [0.4, 0.5) is 10.1 Å². The number of carbonyl (C=O) groups is 1. The van der Waals surface area contributed by atoms with Crippen molar-refractivity contribution in [2.45, 2.75) is 25.6 Å². The van der Waals surface area contributed by atoms with Gasteiger partial charge in [0.15, 0.2) is 5.12 Å². The lowest BCUT2D eigenvalue weighted by Gasteiger charge is -2.19. The fourth-order valence-corrected chi connectivity index (χ4v) is 2.15. The van der Waals surface area contributed by atoms with Crippen LogP contribution in [0.3, 0.4) is 0 Å². The van der Waals surface area contributed by atoms with E-state index in [1.54, 1.807) is 0 Å². The van der Waals surface area contributed by atoms with Crippen molar-refractivity contribution in [2.75, 3.05) is 11.5 Å². The first kappa shape index (κ1) is 14.9. The minimum absolute atomic E-state index is 0.0537. The Morgan fingerprint density at radius 3 is 2.78 bits per heavy atom. The van der Waals surface area contributed by atoms with Crippen LogP contribution in [0.5, 0.6) is 0 Å². The number of nitrogen functional groups attached to an aromatic ring is 1. The largest absolute Gasteiger partial charge is 0.396 e. The van der Waals surface area contributed by atoms with E-state index in [2.05, 4.69) is 0 Å². The molecule has 0 spiro atoms. The van der Waals surface area contributed by atoms with E-state index in [1.807, 2.05) is 0 Å². The lowest BCUT2D eigenvalue weighted by Crippen LogP contribution is -2.20. The van der Waals surface area contributed by atoms with Gasteiger partial charge >= 0.3 is 0 Å². The molecule has 0 aromatic heterocycles. The van der Waals surface area contributed by atoms with Crippen molar-refractivity contribution in [3.8, 4) is 0 Å². The van der Waals surface area contributed by atoms with Crippen LogP contribution in [0.15, 0.2) is 18.2 Å². The molecular weight excluding hydrogens is 257 g/mol.